The molecule has 162 valence electrons. The zero-order valence-electron chi connectivity index (χ0n) is 17.6. The van der Waals surface area contributed by atoms with Crippen LogP contribution in [0.2, 0.25) is 0 Å². The number of likely N-dealkylation sites (tertiary alicyclic amines) is 2. The molecule has 0 bridgehead atoms. The van der Waals surface area contributed by atoms with E-state index in [1.54, 1.807) is 12.1 Å². The predicted octanol–water partition coefficient (Wildman–Crippen LogP) is 3.74. The summed E-state index contributed by atoms with van der Waals surface area (Å²) in [5.41, 5.74) is 0.829. The molecule has 3 heterocycles. The maximum absolute atomic E-state index is 13.5. The Labute approximate surface area is 181 Å². The summed E-state index contributed by atoms with van der Waals surface area (Å²) in [7, 11) is 0. The van der Waals surface area contributed by atoms with Crippen molar-refractivity contribution in [1.29, 1.82) is 0 Å². The highest BCUT2D eigenvalue weighted by Gasteiger charge is 2.23. The quantitative estimate of drug-likeness (QED) is 0.652. The fraction of sp³-hybridized carbons (Fsp3) is 0.591. The highest BCUT2D eigenvalue weighted by atomic mass is 32.2. The van der Waals surface area contributed by atoms with E-state index in [4.69, 9.17) is 0 Å². The number of aromatic nitrogens is 3. The number of benzene rings is 1. The van der Waals surface area contributed by atoms with Gasteiger partial charge in [0.15, 0.2) is 11.0 Å². The van der Waals surface area contributed by atoms with Crippen molar-refractivity contribution in [3.8, 4) is 5.69 Å². The molecule has 1 aromatic heterocycles. The monoisotopic (exact) mass is 431 g/mol. The first-order chi connectivity index (χ1) is 14.6. The van der Waals surface area contributed by atoms with Gasteiger partial charge in [-0.1, -0.05) is 25.1 Å². The molecule has 0 N–H and O–H groups in total. The van der Waals surface area contributed by atoms with Crippen LogP contribution in [-0.2, 0) is 11.3 Å². The van der Waals surface area contributed by atoms with Crippen molar-refractivity contribution in [2.75, 3.05) is 31.9 Å². The molecule has 0 saturated carbocycles. The average molecular weight is 432 g/mol. The Morgan fingerprint density at radius 2 is 1.87 bits per heavy atom. The Bertz CT molecular complexity index is 850. The topological polar surface area (TPSA) is 54.3 Å². The summed E-state index contributed by atoms with van der Waals surface area (Å²) in [5, 5.41) is 9.53. The molecule has 1 atom stereocenters. The molecule has 1 unspecified atom stereocenters. The van der Waals surface area contributed by atoms with Gasteiger partial charge >= 0.3 is 0 Å². The number of rotatable bonds is 6. The van der Waals surface area contributed by atoms with Gasteiger partial charge in [0, 0.05) is 18.8 Å². The van der Waals surface area contributed by atoms with E-state index in [-0.39, 0.29) is 11.7 Å². The first-order valence-corrected chi connectivity index (χ1v) is 11.9. The first-order valence-electron chi connectivity index (χ1n) is 10.9. The van der Waals surface area contributed by atoms with E-state index in [0.29, 0.717) is 23.4 Å². The zero-order chi connectivity index (χ0) is 20.9. The number of carbonyl (C=O) groups excluding carboxylic acids is 1. The minimum atomic E-state index is -0.270. The average Bonchev–Trinajstić information content (AvgIpc) is 3.15. The van der Waals surface area contributed by atoms with Crippen molar-refractivity contribution in [2.45, 2.75) is 50.7 Å². The smallest absolute Gasteiger partial charge is 0.233 e. The lowest BCUT2D eigenvalue weighted by Gasteiger charge is -2.30. The van der Waals surface area contributed by atoms with Gasteiger partial charge in [0.1, 0.15) is 5.82 Å². The lowest BCUT2D eigenvalue weighted by molar-refractivity contribution is -0.130. The predicted molar refractivity (Wildman–Crippen MR) is 116 cm³/mol. The third-order valence-corrected chi connectivity index (χ3v) is 6.85. The van der Waals surface area contributed by atoms with Crippen LogP contribution in [-0.4, -0.2) is 62.4 Å². The summed E-state index contributed by atoms with van der Waals surface area (Å²) in [6.07, 6.45) is 5.95. The van der Waals surface area contributed by atoms with E-state index in [1.807, 2.05) is 9.47 Å². The van der Waals surface area contributed by atoms with E-state index in [9.17, 15) is 9.18 Å². The largest absolute Gasteiger partial charge is 0.342 e. The van der Waals surface area contributed by atoms with Crippen LogP contribution in [0, 0.1) is 11.7 Å². The Balaban J connectivity index is 1.51. The lowest BCUT2D eigenvalue weighted by Crippen LogP contribution is -2.40. The van der Waals surface area contributed by atoms with E-state index < -0.39 is 0 Å². The number of amides is 1. The van der Waals surface area contributed by atoms with Gasteiger partial charge in [-0.05, 0) is 69.0 Å². The summed E-state index contributed by atoms with van der Waals surface area (Å²) in [5.74, 6) is 1.62. The van der Waals surface area contributed by atoms with Crippen molar-refractivity contribution in [1.82, 2.24) is 24.6 Å². The van der Waals surface area contributed by atoms with Crippen LogP contribution in [0.1, 0.15) is 44.9 Å². The Morgan fingerprint density at radius 3 is 2.60 bits per heavy atom. The second-order valence-corrected chi connectivity index (χ2v) is 9.37. The number of nitrogens with zero attached hydrogens (tertiary/aromatic N) is 5. The fourth-order valence-corrected chi connectivity index (χ4v) is 5.17. The summed E-state index contributed by atoms with van der Waals surface area (Å²) >= 11 is 1.42. The fourth-order valence-electron chi connectivity index (χ4n) is 4.30. The van der Waals surface area contributed by atoms with Gasteiger partial charge in [0.25, 0.3) is 0 Å². The Kier molecular flexibility index (Phi) is 7.04. The second-order valence-electron chi connectivity index (χ2n) is 8.42. The van der Waals surface area contributed by atoms with Crippen molar-refractivity contribution >= 4 is 17.7 Å². The molecule has 0 aliphatic carbocycles. The van der Waals surface area contributed by atoms with E-state index >= 15 is 0 Å². The lowest BCUT2D eigenvalue weighted by atomic mass is 10.0. The molecule has 8 heteroatoms. The Hall–Kier alpha value is -1.93. The SMILES string of the molecule is CC1CCCN(C(=O)CSc2nnc(CN3CCCCC3)n2-c2ccc(F)cc2)C1. The molecule has 0 radical (unpaired) electrons. The minimum Gasteiger partial charge on any atom is -0.342 e. The number of thioether (sulfide) groups is 1. The molecule has 30 heavy (non-hydrogen) atoms. The van der Waals surface area contributed by atoms with Gasteiger partial charge in [0.2, 0.25) is 5.91 Å². The number of hydrogen-bond donors (Lipinski definition) is 0. The van der Waals surface area contributed by atoms with Crippen LogP contribution in [0.3, 0.4) is 0 Å². The van der Waals surface area contributed by atoms with Crippen LogP contribution in [0.25, 0.3) is 5.69 Å². The number of halogens is 1. The third kappa shape index (κ3) is 5.21. The molecule has 2 aromatic rings. The summed E-state index contributed by atoms with van der Waals surface area (Å²) in [6, 6.07) is 6.40. The zero-order valence-corrected chi connectivity index (χ0v) is 18.4. The van der Waals surface area contributed by atoms with E-state index in [1.165, 1.54) is 49.6 Å². The summed E-state index contributed by atoms with van der Waals surface area (Å²) in [6.45, 7) is 6.71. The van der Waals surface area contributed by atoms with Gasteiger partial charge < -0.3 is 4.90 Å². The van der Waals surface area contributed by atoms with E-state index in [0.717, 1.165) is 44.1 Å². The van der Waals surface area contributed by atoms with Gasteiger partial charge in [-0.3, -0.25) is 14.3 Å². The van der Waals surface area contributed by atoms with Crippen LogP contribution >= 0.6 is 11.8 Å². The van der Waals surface area contributed by atoms with Crippen molar-refractivity contribution < 1.29 is 9.18 Å². The Morgan fingerprint density at radius 1 is 1.10 bits per heavy atom. The molecule has 2 aliphatic rings. The van der Waals surface area contributed by atoms with Gasteiger partial charge in [-0.2, -0.15) is 0 Å². The minimum absolute atomic E-state index is 0.151. The van der Waals surface area contributed by atoms with Crippen LogP contribution < -0.4 is 0 Å². The van der Waals surface area contributed by atoms with Crippen molar-refractivity contribution in [2.24, 2.45) is 5.92 Å². The number of hydrogen-bond acceptors (Lipinski definition) is 5. The maximum Gasteiger partial charge on any atom is 0.233 e. The van der Waals surface area contributed by atoms with Gasteiger partial charge in [-0.15, -0.1) is 10.2 Å². The van der Waals surface area contributed by atoms with Crippen LogP contribution in [0.4, 0.5) is 4.39 Å². The number of piperidine rings is 2. The molecule has 1 amide bonds. The molecule has 0 spiro atoms. The highest BCUT2D eigenvalue weighted by molar-refractivity contribution is 7.99. The van der Waals surface area contributed by atoms with Gasteiger partial charge in [-0.25, -0.2) is 4.39 Å². The first kappa shape index (κ1) is 21.3. The third-order valence-electron chi connectivity index (χ3n) is 5.93. The second kappa shape index (κ2) is 9.92. The maximum atomic E-state index is 13.5. The summed E-state index contributed by atoms with van der Waals surface area (Å²) < 4.78 is 15.5. The molecule has 4 rings (SSSR count). The van der Waals surface area contributed by atoms with Crippen LogP contribution in [0.5, 0.6) is 0 Å². The van der Waals surface area contributed by atoms with Gasteiger partial charge in [0.05, 0.1) is 12.3 Å². The molecule has 2 aliphatic heterocycles. The molecule has 6 nitrogen and oxygen atoms in total. The molecule has 2 fully saturated rings. The van der Waals surface area contributed by atoms with Crippen molar-refractivity contribution in [3.05, 3.63) is 35.9 Å². The number of carbonyl (C=O) groups is 1. The van der Waals surface area contributed by atoms with E-state index in [2.05, 4.69) is 22.0 Å². The molecular formula is C22H30FN5OS. The molecule has 2 saturated heterocycles. The highest BCUT2D eigenvalue weighted by Crippen LogP contribution is 2.25. The van der Waals surface area contributed by atoms with Crippen LogP contribution in [0.15, 0.2) is 29.4 Å². The molecular weight excluding hydrogens is 401 g/mol. The van der Waals surface area contributed by atoms with Crippen molar-refractivity contribution in [3.63, 3.8) is 0 Å². The summed E-state index contributed by atoms with van der Waals surface area (Å²) in [4.78, 5) is 17.1. The standard InChI is InChI=1S/C22H30FN5OS/c1-17-6-5-13-27(14-17)21(29)16-30-22-25-24-20(15-26-11-3-2-4-12-26)28(22)19-9-7-18(23)8-10-19/h7-10,17H,2-6,11-16H2,1H3. The molecule has 1 aromatic carbocycles. The normalized spacial score (nSPS) is 20.5.